The zero-order chi connectivity index (χ0) is 14.5. The lowest BCUT2D eigenvalue weighted by molar-refractivity contribution is -0.131. The first kappa shape index (κ1) is 14.4. The molecule has 4 nitrogen and oxygen atoms in total. The summed E-state index contributed by atoms with van der Waals surface area (Å²) >= 11 is 11.7. The van der Waals surface area contributed by atoms with Crippen molar-refractivity contribution in [3.05, 3.63) is 58.3 Å². The number of nitrogens with zero attached hydrogens (tertiary/aromatic N) is 1. The molecule has 1 N–H and O–H groups in total. The lowest BCUT2D eigenvalue weighted by atomic mass is 10.2. The van der Waals surface area contributed by atoms with Crippen LogP contribution in [0.5, 0.6) is 11.5 Å². The molecule has 0 spiro atoms. The molecule has 0 atom stereocenters. The van der Waals surface area contributed by atoms with Gasteiger partial charge in [0.05, 0.1) is 16.2 Å². The Morgan fingerprint density at radius 3 is 2.65 bits per heavy atom. The Morgan fingerprint density at radius 2 is 1.95 bits per heavy atom. The molecule has 0 fully saturated rings. The van der Waals surface area contributed by atoms with Crippen LogP contribution in [-0.4, -0.2) is 16.1 Å². The third-order valence-corrected chi connectivity index (χ3v) is 3.02. The summed E-state index contributed by atoms with van der Waals surface area (Å²) in [6.07, 6.45) is 5.50. The molecule has 2 aromatic rings. The normalized spacial score (nSPS) is 10.7. The highest BCUT2D eigenvalue weighted by molar-refractivity contribution is 6.42. The number of pyridine rings is 1. The van der Waals surface area contributed by atoms with Crippen molar-refractivity contribution in [1.82, 2.24) is 4.98 Å². The van der Waals surface area contributed by atoms with Crippen molar-refractivity contribution in [2.45, 2.75) is 0 Å². The molecule has 0 aliphatic heterocycles. The highest BCUT2D eigenvalue weighted by Gasteiger charge is 2.03. The molecule has 0 amide bonds. The van der Waals surface area contributed by atoms with E-state index in [4.69, 9.17) is 33.0 Å². The number of hydrogen-bond acceptors (Lipinski definition) is 3. The summed E-state index contributed by atoms with van der Waals surface area (Å²) in [5.41, 5.74) is 0.616. The number of benzene rings is 1. The number of ether oxygens (including phenoxy) is 1. The number of aliphatic carboxylic acids is 1. The molecule has 1 aromatic heterocycles. The summed E-state index contributed by atoms with van der Waals surface area (Å²) in [5.74, 6) is -0.0442. The number of carboxylic acids is 1. The van der Waals surface area contributed by atoms with Gasteiger partial charge in [-0.15, -0.1) is 0 Å². The van der Waals surface area contributed by atoms with Gasteiger partial charge in [0.15, 0.2) is 0 Å². The zero-order valence-corrected chi connectivity index (χ0v) is 11.6. The summed E-state index contributed by atoms with van der Waals surface area (Å²) in [4.78, 5) is 14.4. The van der Waals surface area contributed by atoms with Crippen LogP contribution in [-0.2, 0) is 4.79 Å². The zero-order valence-electron chi connectivity index (χ0n) is 10.1. The number of halogens is 2. The topological polar surface area (TPSA) is 59.4 Å². The van der Waals surface area contributed by atoms with E-state index >= 15 is 0 Å². The molecule has 0 unspecified atom stereocenters. The van der Waals surface area contributed by atoms with Crippen LogP contribution < -0.4 is 4.74 Å². The monoisotopic (exact) mass is 309 g/mol. The number of rotatable bonds is 4. The molecule has 20 heavy (non-hydrogen) atoms. The minimum absolute atomic E-state index is 0.388. The molecule has 0 saturated heterocycles. The summed E-state index contributed by atoms with van der Waals surface area (Å²) in [6, 6.07) is 6.55. The SMILES string of the molecule is O=C(O)/C=C/c1cncc(Oc2ccc(Cl)c(Cl)c2)c1. The lowest BCUT2D eigenvalue weighted by Gasteiger charge is -2.06. The first-order chi connectivity index (χ1) is 9.54. The molecule has 1 aromatic carbocycles. The predicted molar refractivity (Wildman–Crippen MR) is 77.4 cm³/mol. The Balaban J connectivity index is 2.19. The quantitative estimate of drug-likeness (QED) is 0.856. The second-order valence-electron chi connectivity index (χ2n) is 3.80. The summed E-state index contributed by atoms with van der Waals surface area (Å²) in [5, 5.41) is 9.40. The van der Waals surface area contributed by atoms with Gasteiger partial charge in [0, 0.05) is 18.3 Å². The van der Waals surface area contributed by atoms with Crippen molar-refractivity contribution in [2.75, 3.05) is 0 Å². The van der Waals surface area contributed by atoms with E-state index < -0.39 is 5.97 Å². The number of hydrogen-bond donors (Lipinski definition) is 1. The molecular formula is C14H9Cl2NO3. The average molecular weight is 310 g/mol. The Bertz CT molecular complexity index is 671. The average Bonchev–Trinajstić information content (AvgIpc) is 2.41. The van der Waals surface area contributed by atoms with E-state index in [1.54, 1.807) is 24.3 Å². The van der Waals surface area contributed by atoms with Gasteiger partial charge < -0.3 is 9.84 Å². The Kier molecular flexibility index (Phi) is 4.61. The second kappa shape index (κ2) is 6.41. The maximum atomic E-state index is 10.5. The molecule has 0 bridgehead atoms. The van der Waals surface area contributed by atoms with Gasteiger partial charge in [0.25, 0.3) is 0 Å². The fourth-order valence-electron chi connectivity index (χ4n) is 1.43. The Labute approximate surface area is 125 Å². The Morgan fingerprint density at radius 1 is 1.15 bits per heavy atom. The van der Waals surface area contributed by atoms with Crippen molar-refractivity contribution in [1.29, 1.82) is 0 Å². The fraction of sp³-hybridized carbons (Fsp3) is 0. The fourth-order valence-corrected chi connectivity index (χ4v) is 1.71. The van der Waals surface area contributed by atoms with Gasteiger partial charge in [-0.2, -0.15) is 0 Å². The molecular weight excluding hydrogens is 301 g/mol. The molecule has 0 aliphatic rings. The summed E-state index contributed by atoms with van der Waals surface area (Å²) in [6.45, 7) is 0. The van der Waals surface area contributed by atoms with Gasteiger partial charge in [-0.3, -0.25) is 4.98 Å². The van der Waals surface area contributed by atoms with Crippen LogP contribution in [0.4, 0.5) is 0 Å². The van der Waals surface area contributed by atoms with Gasteiger partial charge >= 0.3 is 5.97 Å². The minimum Gasteiger partial charge on any atom is -0.478 e. The predicted octanol–water partition coefficient (Wildman–Crippen LogP) is 4.28. The molecule has 0 aliphatic carbocycles. The maximum absolute atomic E-state index is 10.5. The molecule has 1 heterocycles. The van der Waals surface area contributed by atoms with Crippen LogP contribution >= 0.6 is 23.2 Å². The van der Waals surface area contributed by atoms with Crippen LogP contribution in [0.25, 0.3) is 6.08 Å². The van der Waals surface area contributed by atoms with Gasteiger partial charge in [-0.05, 0) is 29.8 Å². The van der Waals surface area contributed by atoms with Crippen molar-refractivity contribution in [2.24, 2.45) is 0 Å². The van der Waals surface area contributed by atoms with E-state index in [-0.39, 0.29) is 0 Å². The van der Waals surface area contributed by atoms with E-state index in [2.05, 4.69) is 4.98 Å². The van der Waals surface area contributed by atoms with E-state index in [9.17, 15) is 4.79 Å². The van der Waals surface area contributed by atoms with E-state index in [1.807, 2.05) is 0 Å². The van der Waals surface area contributed by atoms with Gasteiger partial charge in [-0.1, -0.05) is 23.2 Å². The van der Waals surface area contributed by atoms with Crippen molar-refractivity contribution in [3.63, 3.8) is 0 Å². The third kappa shape index (κ3) is 3.98. The van der Waals surface area contributed by atoms with Gasteiger partial charge in [0.1, 0.15) is 11.5 Å². The highest BCUT2D eigenvalue weighted by atomic mass is 35.5. The standard InChI is InChI=1S/C14H9Cl2NO3/c15-12-3-2-10(6-13(12)16)20-11-5-9(7-17-8-11)1-4-14(18)19/h1-8H,(H,18,19)/b4-1+. The van der Waals surface area contributed by atoms with Crippen LogP contribution in [0.15, 0.2) is 42.7 Å². The van der Waals surface area contributed by atoms with E-state index in [1.165, 1.54) is 18.5 Å². The molecule has 0 radical (unpaired) electrons. The first-order valence-corrected chi connectivity index (χ1v) is 6.29. The minimum atomic E-state index is -1.03. The Hall–Kier alpha value is -2.04. The van der Waals surface area contributed by atoms with Crippen LogP contribution in [0.3, 0.4) is 0 Å². The third-order valence-electron chi connectivity index (χ3n) is 2.28. The van der Waals surface area contributed by atoms with E-state index in [0.717, 1.165) is 6.08 Å². The van der Waals surface area contributed by atoms with Crippen LogP contribution in [0, 0.1) is 0 Å². The van der Waals surface area contributed by atoms with Crippen LogP contribution in [0.2, 0.25) is 10.0 Å². The van der Waals surface area contributed by atoms with Crippen molar-refractivity contribution >= 4 is 35.2 Å². The molecule has 6 heteroatoms. The summed E-state index contributed by atoms with van der Waals surface area (Å²) < 4.78 is 5.57. The largest absolute Gasteiger partial charge is 0.478 e. The number of carboxylic acid groups (broad SMARTS) is 1. The van der Waals surface area contributed by atoms with Crippen LogP contribution in [0.1, 0.15) is 5.56 Å². The van der Waals surface area contributed by atoms with E-state index in [0.29, 0.717) is 27.1 Å². The molecule has 2 rings (SSSR count). The maximum Gasteiger partial charge on any atom is 0.328 e. The van der Waals surface area contributed by atoms with Gasteiger partial charge in [0.2, 0.25) is 0 Å². The lowest BCUT2D eigenvalue weighted by Crippen LogP contribution is -1.88. The summed E-state index contributed by atoms with van der Waals surface area (Å²) in [7, 11) is 0. The number of carbonyl (C=O) groups is 1. The first-order valence-electron chi connectivity index (χ1n) is 5.53. The second-order valence-corrected chi connectivity index (χ2v) is 4.62. The van der Waals surface area contributed by atoms with Gasteiger partial charge in [-0.25, -0.2) is 4.79 Å². The molecule has 0 saturated carbocycles. The van der Waals surface area contributed by atoms with Crippen molar-refractivity contribution < 1.29 is 14.6 Å². The molecule has 102 valence electrons. The number of aromatic nitrogens is 1. The highest BCUT2D eigenvalue weighted by Crippen LogP contribution is 2.29. The van der Waals surface area contributed by atoms with Crippen molar-refractivity contribution in [3.8, 4) is 11.5 Å². The smallest absolute Gasteiger partial charge is 0.328 e.